The summed E-state index contributed by atoms with van der Waals surface area (Å²) in [6.07, 6.45) is 3.21. The Bertz CT molecular complexity index is 457. The van der Waals surface area contributed by atoms with E-state index >= 15 is 0 Å². The number of aliphatic imine (C=N–C) groups is 1. The quantitative estimate of drug-likeness (QED) is 0.495. The van der Waals surface area contributed by atoms with Gasteiger partial charge in [0.05, 0.1) is 16.8 Å². The van der Waals surface area contributed by atoms with Gasteiger partial charge in [-0.05, 0) is 24.4 Å². The summed E-state index contributed by atoms with van der Waals surface area (Å²) in [6, 6.07) is 3.57. The molecule has 0 aliphatic carbocycles. The minimum Gasteiger partial charge on any atom is -0.464 e. The van der Waals surface area contributed by atoms with Crippen molar-refractivity contribution in [1.29, 1.82) is 0 Å². The van der Waals surface area contributed by atoms with Crippen molar-refractivity contribution in [3.8, 4) is 0 Å². The zero-order valence-electron chi connectivity index (χ0n) is 6.02. The molecule has 0 unspecified atom stereocenters. The lowest BCUT2D eigenvalue weighted by Gasteiger charge is -1.89. The average Bonchev–Trinajstić information content (AvgIpc) is 2.53. The molecule has 0 aliphatic rings. The molecule has 4 heteroatoms. The summed E-state index contributed by atoms with van der Waals surface area (Å²) < 4.78 is 5.14. The lowest BCUT2D eigenvalue weighted by Crippen LogP contribution is -1.72. The van der Waals surface area contributed by atoms with E-state index in [0.29, 0.717) is 5.82 Å². The SMILES string of the molecule is S=C=Nc1nccc2occc12. The third-order valence-corrected chi connectivity index (χ3v) is 1.60. The standard InChI is InChI=1S/C8H4N2OS/c12-5-10-8-6-2-4-11-7(6)1-3-9-8/h1-4H. The highest BCUT2D eigenvalue weighted by molar-refractivity contribution is 7.78. The van der Waals surface area contributed by atoms with Gasteiger partial charge in [0.25, 0.3) is 0 Å². The van der Waals surface area contributed by atoms with E-state index < -0.39 is 0 Å². The number of hydrogen-bond acceptors (Lipinski definition) is 4. The number of pyridine rings is 1. The Balaban J connectivity index is 2.81. The Hall–Kier alpha value is -1.51. The van der Waals surface area contributed by atoms with Crippen molar-refractivity contribution in [2.24, 2.45) is 4.99 Å². The second kappa shape index (κ2) is 2.85. The molecule has 0 saturated heterocycles. The molecule has 0 saturated carbocycles. The number of aromatic nitrogens is 1. The largest absolute Gasteiger partial charge is 0.464 e. The van der Waals surface area contributed by atoms with E-state index in [4.69, 9.17) is 4.42 Å². The van der Waals surface area contributed by atoms with Gasteiger partial charge in [-0.2, -0.15) is 4.99 Å². The van der Waals surface area contributed by atoms with Crippen LogP contribution in [0.15, 0.2) is 34.0 Å². The number of furan rings is 1. The first-order chi connectivity index (χ1) is 5.92. The van der Waals surface area contributed by atoms with Crippen LogP contribution in [-0.2, 0) is 0 Å². The van der Waals surface area contributed by atoms with Gasteiger partial charge >= 0.3 is 0 Å². The predicted molar refractivity (Wildman–Crippen MR) is 48.7 cm³/mol. The number of hydrogen-bond donors (Lipinski definition) is 0. The normalized spacial score (nSPS) is 9.67. The van der Waals surface area contributed by atoms with Crippen molar-refractivity contribution in [2.45, 2.75) is 0 Å². The molecular weight excluding hydrogens is 172 g/mol. The van der Waals surface area contributed by atoms with Crippen LogP contribution >= 0.6 is 12.2 Å². The maximum atomic E-state index is 5.14. The van der Waals surface area contributed by atoms with Crippen molar-refractivity contribution in [2.75, 3.05) is 0 Å². The Kier molecular flexibility index (Phi) is 1.70. The fourth-order valence-corrected chi connectivity index (χ4v) is 1.10. The first-order valence-electron chi connectivity index (χ1n) is 3.32. The van der Waals surface area contributed by atoms with Crippen LogP contribution in [0.4, 0.5) is 5.82 Å². The van der Waals surface area contributed by atoms with E-state index in [9.17, 15) is 0 Å². The molecule has 2 rings (SSSR count). The van der Waals surface area contributed by atoms with Crippen molar-refractivity contribution < 1.29 is 4.42 Å². The molecule has 0 N–H and O–H groups in total. The Labute approximate surface area is 73.7 Å². The summed E-state index contributed by atoms with van der Waals surface area (Å²) in [7, 11) is 0. The highest BCUT2D eigenvalue weighted by atomic mass is 32.1. The van der Waals surface area contributed by atoms with E-state index in [1.165, 1.54) is 0 Å². The minimum atomic E-state index is 0.552. The van der Waals surface area contributed by atoms with Gasteiger partial charge in [-0.15, -0.1) is 0 Å². The molecular formula is C8H4N2OS. The maximum absolute atomic E-state index is 5.14. The van der Waals surface area contributed by atoms with Crippen LogP contribution < -0.4 is 0 Å². The summed E-state index contributed by atoms with van der Waals surface area (Å²) in [5, 5.41) is 3.13. The molecule has 2 aromatic rings. The molecule has 0 fully saturated rings. The van der Waals surface area contributed by atoms with Crippen LogP contribution in [-0.4, -0.2) is 10.1 Å². The van der Waals surface area contributed by atoms with Crippen LogP contribution in [0.2, 0.25) is 0 Å². The van der Waals surface area contributed by atoms with Crippen molar-refractivity contribution in [1.82, 2.24) is 4.98 Å². The predicted octanol–water partition coefficient (Wildman–Crippen LogP) is 2.56. The van der Waals surface area contributed by atoms with Gasteiger partial charge < -0.3 is 4.42 Å². The maximum Gasteiger partial charge on any atom is 0.173 e. The van der Waals surface area contributed by atoms with Crippen LogP contribution in [0.5, 0.6) is 0 Å². The van der Waals surface area contributed by atoms with Gasteiger partial charge in [-0.3, -0.25) is 0 Å². The third-order valence-electron chi connectivity index (χ3n) is 1.51. The van der Waals surface area contributed by atoms with Gasteiger partial charge in [-0.1, -0.05) is 0 Å². The molecule has 0 atom stereocenters. The topological polar surface area (TPSA) is 38.4 Å². The lowest BCUT2D eigenvalue weighted by atomic mass is 10.3. The Morgan fingerprint density at radius 1 is 1.50 bits per heavy atom. The second-order valence-corrected chi connectivity index (χ2v) is 2.35. The highest BCUT2D eigenvalue weighted by Crippen LogP contribution is 2.23. The van der Waals surface area contributed by atoms with Crippen LogP contribution in [0.3, 0.4) is 0 Å². The van der Waals surface area contributed by atoms with Crippen LogP contribution in [0, 0.1) is 0 Å². The smallest absolute Gasteiger partial charge is 0.173 e. The summed E-state index contributed by atoms with van der Waals surface area (Å²) in [6.45, 7) is 0. The molecule has 2 aromatic heterocycles. The molecule has 0 spiro atoms. The van der Waals surface area contributed by atoms with Gasteiger partial charge in [0.2, 0.25) is 0 Å². The zero-order chi connectivity index (χ0) is 8.39. The molecule has 0 aliphatic heterocycles. The van der Waals surface area contributed by atoms with Crippen molar-refractivity contribution in [3.63, 3.8) is 0 Å². The summed E-state index contributed by atoms with van der Waals surface area (Å²) >= 11 is 4.48. The average molecular weight is 176 g/mol. The fraction of sp³-hybridized carbons (Fsp3) is 0. The molecule has 2 heterocycles. The Morgan fingerprint density at radius 3 is 3.25 bits per heavy atom. The van der Waals surface area contributed by atoms with Gasteiger partial charge in [0.1, 0.15) is 5.58 Å². The number of thiocarbonyl (C=S) groups is 1. The number of isothiocyanates is 1. The highest BCUT2D eigenvalue weighted by Gasteiger charge is 2.01. The summed E-state index contributed by atoms with van der Waals surface area (Å²) in [5.41, 5.74) is 0.758. The summed E-state index contributed by atoms with van der Waals surface area (Å²) in [5.74, 6) is 0.552. The molecule has 0 bridgehead atoms. The van der Waals surface area contributed by atoms with E-state index in [0.717, 1.165) is 11.0 Å². The van der Waals surface area contributed by atoms with Crippen LogP contribution in [0.1, 0.15) is 0 Å². The van der Waals surface area contributed by atoms with Crippen molar-refractivity contribution in [3.05, 3.63) is 24.6 Å². The van der Waals surface area contributed by atoms with E-state index in [1.54, 1.807) is 24.6 Å². The van der Waals surface area contributed by atoms with Crippen LogP contribution in [0.25, 0.3) is 11.0 Å². The summed E-state index contributed by atoms with van der Waals surface area (Å²) in [4.78, 5) is 7.81. The number of rotatable bonds is 1. The number of fused-ring (bicyclic) bond motifs is 1. The molecule has 0 amide bonds. The van der Waals surface area contributed by atoms with E-state index in [-0.39, 0.29) is 0 Å². The molecule has 3 nitrogen and oxygen atoms in total. The molecule has 12 heavy (non-hydrogen) atoms. The molecule has 58 valence electrons. The fourth-order valence-electron chi connectivity index (χ4n) is 1.01. The molecule has 0 radical (unpaired) electrons. The van der Waals surface area contributed by atoms with E-state index in [2.05, 4.69) is 27.4 Å². The monoisotopic (exact) mass is 176 g/mol. The van der Waals surface area contributed by atoms with Gasteiger partial charge in [0.15, 0.2) is 5.82 Å². The van der Waals surface area contributed by atoms with Gasteiger partial charge in [0, 0.05) is 6.20 Å². The van der Waals surface area contributed by atoms with Gasteiger partial charge in [-0.25, -0.2) is 4.98 Å². The Morgan fingerprint density at radius 2 is 2.42 bits per heavy atom. The second-order valence-electron chi connectivity index (χ2n) is 2.17. The number of nitrogens with zero attached hydrogens (tertiary/aromatic N) is 2. The first-order valence-corrected chi connectivity index (χ1v) is 3.73. The van der Waals surface area contributed by atoms with E-state index in [1.807, 2.05) is 0 Å². The molecule has 0 aromatic carbocycles. The lowest BCUT2D eigenvalue weighted by molar-refractivity contribution is 0.615. The third kappa shape index (κ3) is 1.03. The first kappa shape index (κ1) is 7.16. The minimum absolute atomic E-state index is 0.552. The van der Waals surface area contributed by atoms with Crippen molar-refractivity contribution >= 4 is 34.2 Å². The zero-order valence-corrected chi connectivity index (χ0v) is 6.84.